The third-order valence-corrected chi connectivity index (χ3v) is 3.34. The molecular formula is C8H15N. The zero-order chi connectivity index (χ0) is 6.43. The van der Waals surface area contributed by atoms with Crippen LogP contribution < -0.4 is 0 Å². The highest BCUT2D eigenvalue weighted by atomic mass is 15.2. The summed E-state index contributed by atoms with van der Waals surface area (Å²) in [6.45, 7) is 7.52. The molecule has 0 N–H and O–H groups in total. The van der Waals surface area contributed by atoms with E-state index in [-0.39, 0.29) is 0 Å². The van der Waals surface area contributed by atoms with Crippen LogP contribution in [0.5, 0.6) is 0 Å². The lowest BCUT2D eigenvalue weighted by atomic mass is 9.89. The maximum atomic E-state index is 2.62. The Morgan fingerprint density at radius 3 is 2.44 bits per heavy atom. The average Bonchev–Trinajstić information content (AvgIpc) is 2.37. The summed E-state index contributed by atoms with van der Waals surface area (Å²) in [4.78, 5) is 2.62. The summed E-state index contributed by atoms with van der Waals surface area (Å²) >= 11 is 0. The zero-order valence-electron chi connectivity index (χ0n) is 6.30. The molecule has 0 spiro atoms. The molecule has 0 aromatic heterocycles. The van der Waals surface area contributed by atoms with E-state index in [1.807, 2.05) is 0 Å². The number of hydrogen-bond donors (Lipinski definition) is 0. The zero-order valence-corrected chi connectivity index (χ0v) is 6.30. The van der Waals surface area contributed by atoms with Gasteiger partial charge in [0.25, 0.3) is 0 Å². The Balaban J connectivity index is 2.15. The van der Waals surface area contributed by atoms with E-state index in [4.69, 9.17) is 0 Å². The lowest BCUT2D eigenvalue weighted by Crippen LogP contribution is -2.31. The second kappa shape index (κ2) is 1.72. The van der Waals surface area contributed by atoms with Crippen LogP contribution in [0.25, 0.3) is 0 Å². The summed E-state index contributed by atoms with van der Waals surface area (Å²) < 4.78 is 0. The maximum Gasteiger partial charge on any atom is 0.00958 e. The van der Waals surface area contributed by atoms with E-state index < -0.39 is 0 Å². The molecule has 2 bridgehead atoms. The van der Waals surface area contributed by atoms with Crippen LogP contribution in [-0.4, -0.2) is 24.0 Å². The molecule has 1 nitrogen and oxygen atoms in total. The van der Waals surface area contributed by atoms with E-state index in [1.165, 1.54) is 19.5 Å². The van der Waals surface area contributed by atoms with Crippen molar-refractivity contribution in [2.24, 2.45) is 11.8 Å². The predicted octanol–water partition coefficient (Wildman–Crippen LogP) is 1.35. The fourth-order valence-electron chi connectivity index (χ4n) is 2.34. The lowest BCUT2D eigenvalue weighted by Gasteiger charge is -2.26. The van der Waals surface area contributed by atoms with Crippen molar-refractivity contribution < 1.29 is 0 Å². The Hall–Kier alpha value is -0.0400. The molecule has 1 heteroatoms. The number of nitrogens with zero attached hydrogens (tertiary/aromatic N) is 1. The fourth-order valence-corrected chi connectivity index (χ4v) is 2.34. The van der Waals surface area contributed by atoms with Gasteiger partial charge in [-0.05, 0) is 31.7 Å². The van der Waals surface area contributed by atoms with E-state index in [1.54, 1.807) is 0 Å². The average molecular weight is 125 g/mol. The first-order chi connectivity index (χ1) is 4.29. The van der Waals surface area contributed by atoms with Crippen LogP contribution in [0.2, 0.25) is 0 Å². The summed E-state index contributed by atoms with van der Waals surface area (Å²) in [7, 11) is 0. The smallest absolute Gasteiger partial charge is 0.00958 e. The van der Waals surface area contributed by atoms with E-state index >= 15 is 0 Å². The van der Waals surface area contributed by atoms with Gasteiger partial charge in [-0.1, -0.05) is 6.92 Å². The van der Waals surface area contributed by atoms with E-state index in [0.717, 1.165) is 17.9 Å². The number of hydrogen-bond acceptors (Lipinski definition) is 1. The van der Waals surface area contributed by atoms with Crippen molar-refractivity contribution in [3.05, 3.63) is 0 Å². The molecule has 4 atom stereocenters. The monoisotopic (exact) mass is 125 g/mol. The molecule has 2 fully saturated rings. The molecule has 0 aromatic rings. The van der Waals surface area contributed by atoms with Crippen molar-refractivity contribution >= 4 is 0 Å². The van der Waals surface area contributed by atoms with E-state index in [2.05, 4.69) is 18.7 Å². The Morgan fingerprint density at radius 1 is 1.33 bits per heavy atom. The van der Waals surface area contributed by atoms with Gasteiger partial charge in [-0.15, -0.1) is 0 Å². The maximum absolute atomic E-state index is 2.62. The summed E-state index contributed by atoms with van der Waals surface area (Å²) in [5, 5.41) is 0. The minimum atomic E-state index is 0.878. The van der Waals surface area contributed by atoms with E-state index in [9.17, 15) is 0 Å². The predicted molar refractivity (Wildman–Crippen MR) is 38.3 cm³/mol. The molecule has 2 aliphatic rings. The quantitative estimate of drug-likeness (QED) is 0.472. The molecule has 2 aliphatic heterocycles. The molecule has 0 aromatic carbocycles. The van der Waals surface area contributed by atoms with Gasteiger partial charge < -0.3 is 4.90 Å². The van der Waals surface area contributed by atoms with Gasteiger partial charge in [0.1, 0.15) is 0 Å². The van der Waals surface area contributed by atoms with Crippen LogP contribution in [0.4, 0.5) is 0 Å². The van der Waals surface area contributed by atoms with Gasteiger partial charge in [-0.25, -0.2) is 0 Å². The Morgan fingerprint density at radius 2 is 2.11 bits per heavy atom. The summed E-state index contributed by atoms with van der Waals surface area (Å²) in [6.07, 6.45) is 1.46. The van der Waals surface area contributed by atoms with Crippen molar-refractivity contribution in [3.8, 4) is 0 Å². The molecule has 0 saturated carbocycles. The Kier molecular flexibility index (Phi) is 1.10. The van der Waals surface area contributed by atoms with Crippen LogP contribution in [0.3, 0.4) is 0 Å². The van der Waals surface area contributed by atoms with Gasteiger partial charge in [0, 0.05) is 12.6 Å². The van der Waals surface area contributed by atoms with Crippen molar-refractivity contribution in [1.29, 1.82) is 0 Å². The molecular weight excluding hydrogens is 110 g/mol. The fraction of sp³-hybridized carbons (Fsp3) is 1.00. The number of piperidine rings is 1. The first-order valence-corrected chi connectivity index (χ1v) is 4.03. The van der Waals surface area contributed by atoms with Crippen LogP contribution in [0, 0.1) is 11.8 Å². The minimum absolute atomic E-state index is 0.878. The van der Waals surface area contributed by atoms with Gasteiger partial charge in [-0.3, -0.25) is 0 Å². The topological polar surface area (TPSA) is 3.24 Å². The van der Waals surface area contributed by atoms with Crippen LogP contribution in [0.15, 0.2) is 0 Å². The standard InChI is InChI=1S/C8H15N/c1-6-7(2)9-4-3-8(6)5-9/h6-8H,3-5H2,1-2H3. The van der Waals surface area contributed by atoms with Gasteiger partial charge in [0.05, 0.1) is 0 Å². The normalized spacial score (nSPS) is 56.7. The molecule has 4 unspecified atom stereocenters. The number of fused-ring (bicyclic) bond motifs is 2. The molecule has 9 heavy (non-hydrogen) atoms. The summed E-state index contributed by atoms with van der Waals surface area (Å²) in [5.41, 5.74) is 0. The largest absolute Gasteiger partial charge is 0.300 e. The molecule has 2 saturated heterocycles. The highest BCUT2D eigenvalue weighted by molar-refractivity contribution is 4.93. The van der Waals surface area contributed by atoms with Crippen molar-refractivity contribution in [2.75, 3.05) is 13.1 Å². The molecule has 0 aliphatic carbocycles. The van der Waals surface area contributed by atoms with Crippen LogP contribution in [0.1, 0.15) is 20.3 Å². The van der Waals surface area contributed by atoms with Crippen LogP contribution in [-0.2, 0) is 0 Å². The van der Waals surface area contributed by atoms with Crippen molar-refractivity contribution in [3.63, 3.8) is 0 Å². The molecule has 2 rings (SSSR count). The Bertz CT molecular complexity index is 104. The Labute approximate surface area is 57.0 Å². The van der Waals surface area contributed by atoms with Gasteiger partial charge in [-0.2, -0.15) is 0 Å². The second-order valence-electron chi connectivity index (χ2n) is 3.64. The summed E-state index contributed by atoms with van der Waals surface area (Å²) in [6, 6.07) is 0.878. The van der Waals surface area contributed by atoms with Gasteiger partial charge >= 0.3 is 0 Å². The highest BCUT2D eigenvalue weighted by Gasteiger charge is 2.40. The molecule has 0 amide bonds. The van der Waals surface area contributed by atoms with Gasteiger partial charge in [0.15, 0.2) is 0 Å². The van der Waals surface area contributed by atoms with Gasteiger partial charge in [0.2, 0.25) is 0 Å². The van der Waals surface area contributed by atoms with Crippen LogP contribution >= 0.6 is 0 Å². The summed E-state index contributed by atoms with van der Waals surface area (Å²) in [5.74, 6) is 2.01. The third kappa shape index (κ3) is 0.644. The third-order valence-electron chi connectivity index (χ3n) is 3.34. The lowest BCUT2D eigenvalue weighted by molar-refractivity contribution is 0.227. The highest BCUT2D eigenvalue weighted by Crippen LogP contribution is 2.37. The SMILES string of the molecule is CC1C2CCN(C2)C1C. The molecule has 2 heterocycles. The minimum Gasteiger partial charge on any atom is -0.300 e. The first kappa shape index (κ1) is 5.72. The molecule has 0 radical (unpaired) electrons. The number of rotatable bonds is 0. The van der Waals surface area contributed by atoms with Crippen molar-refractivity contribution in [1.82, 2.24) is 4.90 Å². The van der Waals surface area contributed by atoms with E-state index in [0.29, 0.717) is 0 Å². The first-order valence-electron chi connectivity index (χ1n) is 4.03. The van der Waals surface area contributed by atoms with Crippen molar-refractivity contribution in [2.45, 2.75) is 26.3 Å². The molecule has 52 valence electrons. The second-order valence-corrected chi connectivity index (χ2v) is 3.64.